The topological polar surface area (TPSA) is 61.4 Å². The lowest BCUT2D eigenvalue weighted by molar-refractivity contribution is -0.123. The molecule has 1 fully saturated rings. The van der Waals surface area contributed by atoms with Gasteiger partial charge in [0, 0.05) is 13.0 Å². The molecule has 0 aliphatic carbocycles. The highest BCUT2D eigenvalue weighted by atomic mass is 32.2. The van der Waals surface area contributed by atoms with Gasteiger partial charge in [-0.1, -0.05) is 84.7 Å². The third-order valence-electron chi connectivity index (χ3n) is 4.12. The van der Waals surface area contributed by atoms with Gasteiger partial charge in [-0.15, -0.1) is 0 Å². The lowest BCUT2D eigenvalue weighted by atomic mass is 10.2. The number of thioether (sulfide) groups is 1. The van der Waals surface area contributed by atoms with Gasteiger partial charge in [-0.05, 0) is 30.2 Å². The molecule has 3 rings (SSSR count). The van der Waals surface area contributed by atoms with Crippen LogP contribution in [-0.4, -0.2) is 27.6 Å². The van der Waals surface area contributed by atoms with Gasteiger partial charge in [-0.25, -0.2) is 0 Å². The predicted octanol–water partition coefficient (Wildman–Crippen LogP) is 4.37. The van der Waals surface area contributed by atoms with Gasteiger partial charge in [0.05, 0.1) is 10.6 Å². The number of benzene rings is 2. The van der Waals surface area contributed by atoms with Gasteiger partial charge in [-0.3, -0.25) is 25.3 Å². The summed E-state index contributed by atoms with van der Waals surface area (Å²) >= 11 is 6.61. The summed E-state index contributed by atoms with van der Waals surface area (Å²) in [4.78, 5) is 26.7. The summed E-state index contributed by atoms with van der Waals surface area (Å²) < 4.78 is 0.525. The van der Waals surface area contributed by atoms with E-state index < -0.39 is 0 Å². The van der Waals surface area contributed by atoms with E-state index in [1.807, 2.05) is 72.8 Å². The van der Waals surface area contributed by atoms with Crippen molar-refractivity contribution in [1.82, 2.24) is 10.3 Å². The number of amides is 2. The first kappa shape index (κ1) is 20.8. The number of anilines is 1. The summed E-state index contributed by atoms with van der Waals surface area (Å²) in [5.74, 6) is -0.249. The minimum atomic E-state index is -0.138. The highest BCUT2D eigenvalue weighted by Gasteiger charge is 2.31. The largest absolute Gasteiger partial charge is 0.299 e. The van der Waals surface area contributed by atoms with E-state index in [2.05, 4.69) is 10.9 Å². The van der Waals surface area contributed by atoms with Crippen molar-refractivity contribution in [1.29, 1.82) is 0 Å². The maximum absolute atomic E-state index is 12.5. The van der Waals surface area contributed by atoms with Crippen molar-refractivity contribution in [3.63, 3.8) is 0 Å². The standard InChI is InChI=1S/C22H21N3O2S2/c26-20(24-23-18-12-5-2-6-13-18)15-8-16-25-21(27)19(29-22(25)28)14-7-11-17-9-3-1-4-10-17/h1-7,9-14,23H,8,15-16H2,(H,24,26). The van der Waals surface area contributed by atoms with Crippen LogP contribution in [0.25, 0.3) is 6.08 Å². The molecule has 5 nitrogen and oxygen atoms in total. The van der Waals surface area contributed by atoms with E-state index in [-0.39, 0.29) is 11.8 Å². The van der Waals surface area contributed by atoms with Crippen molar-refractivity contribution in [2.75, 3.05) is 12.0 Å². The van der Waals surface area contributed by atoms with E-state index in [1.165, 1.54) is 11.8 Å². The van der Waals surface area contributed by atoms with Gasteiger partial charge in [0.1, 0.15) is 4.32 Å². The van der Waals surface area contributed by atoms with Crippen LogP contribution in [0.3, 0.4) is 0 Å². The lowest BCUT2D eigenvalue weighted by Crippen LogP contribution is -2.32. The molecule has 2 aromatic rings. The Bertz CT molecular complexity index is 928. The molecule has 7 heteroatoms. The average molecular weight is 424 g/mol. The van der Waals surface area contributed by atoms with Crippen LogP contribution < -0.4 is 10.9 Å². The Hall–Kier alpha value is -2.90. The monoisotopic (exact) mass is 423 g/mol. The molecule has 1 heterocycles. The van der Waals surface area contributed by atoms with Crippen molar-refractivity contribution in [2.45, 2.75) is 12.8 Å². The molecule has 2 N–H and O–H groups in total. The summed E-state index contributed by atoms with van der Waals surface area (Å²) in [5.41, 5.74) is 7.38. The van der Waals surface area contributed by atoms with Gasteiger partial charge < -0.3 is 0 Å². The van der Waals surface area contributed by atoms with E-state index in [4.69, 9.17) is 12.2 Å². The number of nitrogens with one attached hydrogen (secondary N) is 2. The molecule has 0 spiro atoms. The summed E-state index contributed by atoms with van der Waals surface area (Å²) in [7, 11) is 0. The quantitative estimate of drug-likeness (QED) is 0.375. The van der Waals surface area contributed by atoms with Crippen molar-refractivity contribution in [3.8, 4) is 0 Å². The van der Waals surface area contributed by atoms with Gasteiger partial charge in [0.25, 0.3) is 5.91 Å². The highest BCUT2D eigenvalue weighted by Crippen LogP contribution is 2.31. The van der Waals surface area contributed by atoms with Gasteiger partial charge in [0.15, 0.2) is 0 Å². The fraction of sp³-hybridized carbons (Fsp3) is 0.136. The molecule has 0 bridgehead atoms. The van der Waals surface area contributed by atoms with Crippen molar-refractivity contribution >= 4 is 51.9 Å². The van der Waals surface area contributed by atoms with Crippen LogP contribution in [0.15, 0.2) is 77.7 Å². The number of nitrogens with zero attached hydrogens (tertiary/aromatic N) is 1. The Morgan fingerprint density at radius 3 is 2.48 bits per heavy atom. The molecule has 1 saturated heterocycles. The Morgan fingerprint density at radius 1 is 1.07 bits per heavy atom. The van der Waals surface area contributed by atoms with Crippen LogP contribution >= 0.6 is 24.0 Å². The maximum Gasteiger partial charge on any atom is 0.266 e. The summed E-state index contributed by atoms with van der Waals surface area (Å²) in [6.07, 6.45) is 6.40. The summed E-state index contributed by atoms with van der Waals surface area (Å²) in [5, 5.41) is 0. The zero-order chi connectivity index (χ0) is 20.5. The van der Waals surface area contributed by atoms with Gasteiger partial charge in [-0.2, -0.15) is 0 Å². The van der Waals surface area contributed by atoms with Crippen molar-refractivity contribution in [2.24, 2.45) is 0 Å². The highest BCUT2D eigenvalue weighted by molar-refractivity contribution is 8.26. The molecule has 148 valence electrons. The van der Waals surface area contributed by atoms with Crippen LogP contribution in [0, 0.1) is 0 Å². The van der Waals surface area contributed by atoms with E-state index >= 15 is 0 Å². The van der Waals surface area contributed by atoms with Gasteiger partial charge in [0.2, 0.25) is 5.91 Å². The Kier molecular flexibility index (Phi) is 7.61. The third-order valence-corrected chi connectivity index (χ3v) is 5.51. The Labute approximate surface area is 179 Å². The molecule has 0 unspecified atom stereocenters. The molecule has 0 atom stereocenters. The molecule has 2 amide bonds. The van der Waals surface area contributed by atoms with Crippen LogP contribution in [0.5, 0.6) is 0 Å². The van der Waals surface area contributed by atoms with E-state index in [1.54, 1.807) is 11.0 Å². The molecule has 29 heavy (non-hydrogen) atoms. The number of carbonyl (C=O) groups excluding carboxylic acids is 2. The predicted molar refractivity (Wildman–Crippen MR) is 123 cm³/mol. The van der Waals surface area contributed by atoms with Crippen LogP contribution in [0.2, 0.25) is 0 Å². The fourth-order valence-corrected chi connectivity index (χ4v) is 3.90. The zero-order valence-electron chi connectivity index (χ0n) is 15.7. The lowest BCUT2D eigenvalue weighted by Gasteiger charge is -2.14. The first-order valence-electron chi connectivity index (χ1n) is 9.20. The second-order valence-electron chi connectivity index (χ2n) is 6.27. The van der Waals surface area contributed by atoms with E-state index in [9.17, 15) is 9.59 Å². The molecule has 0 saturated carbocycles. The van der Waals surface area contributed by atoms with E-state index in [0.29, 0.717) is 28.6 Å². The number of thiocarbonyl (C=S) groups is 1. The number of hydrazine groups is 1. The maximum atomic E-state index is 12.5. The van der Waals surface area contributed by atoms with Crippen molar-refractivity contribution < 1.29 is 9.59 Å². The van der Waals surface area contributed by atoms with Gasteiger partial charge >= 0.3 is 0 Å². The molecular weight excluding hydrogens is 402 g/mol. The third kappa shape index (κ3) is 6.30. The van der Waals surface area contributed by atoms with Crippen molar-refractivity contribution in [3.05, 3.63) is 83.3 Å². The summed E-state index contributed by atoms with van der Waals surface area (Å²) in [6.45, 7) is 0.420. The number of carbonyl (C=O) groups is 2. The average Bonchev–Trinajstić information content (AvgIpc) is 3.01. The Balaban J connectivity index is 1.44. The first-order valence-corrected chi connectivity index (χ1v) is 10.4. The number of rotatable bonds is 8. The smallest absolute Gasteiger partial charge is 0.266 e. The normalized spacial score (nSPS) is 15.3. The molecule has 1 aliphatic rings. The second kappa shape index (κ2) is 10.6. The summed E-state index contributed by atoms with van der Waals surface area (Å²) in [6, 6.07) is 19.3. The number of hydrogen-bond donors (Lipinski definition) is 2. The number of hydrogen-bond acceptors (Lipinski definition) is 5. The molecular formula is C22H21N3O2S2. The van der Waals surface area contributed by atoms with Crippen LogP contribution in [0.4, 0.5) is 5.69 Å². The SMILES string of the molecule is O=C(CCCN1C(=O)C(=CC=Cc2ccccc2)SC1=S)NNc1ccccc1. The molecule has 0 radical (unpaired) electrons. The van der Waals surface area contributed by atoms with Crippen LogP contribution in [-0.2, 0) is 9.59 Å². The van der Waals surface area contributed by atoms with Crippen LogP contribution in [0.1, 0.15) is 18.4 Å². The Morgan fingerprint density at radius 2 is 1.76 bits per heavy atom. The number of allylic oxidation sites excluding steroid dienone is 2. The second-order valence-corrected chi connectivity index (χ2v) is 7.94. The molecule has 2 aromatic carbocycles. The molecule has 0 aromatic heterocycles. The van der Waals surface area contributed by atoms with E-state index in [0.717, 1.165) is 11.3 Å². The minimum absolute atomic E-state index is 0.111. The zero-order valence-corrected chi connectivity index (χ0v) is 17.3. The first-order chi connectivity index (χ1) is 14.1. The molecule has 1 aliphatic heterocycles. The fourth-order valence-electron chi connectivity index (χ4n) is 2.64. The number of para-hydroxylation sites is 1. The minimum Gasteiger partial charge on any atom is -0.299 e.